The third-order valence-corrected chi connectivity index (χ3v) is 3.34. The second kappa shape index (κ2) is 5.76. The van der Waals surface area contributed by atoms with E-state index in [4.69, 9.17) is 14.9 Å². The van der Waals surface area contributed by atoms with E-state index in [0.717, 1.165) is 49.7 Å². The van der Waals surface area contributed by atoms with Crippen molar-refractivity contribution in [3.05, 3.63) is 23.8 Å². The lowest BCUT2D eigenvalue weighted by atomic mass is 10.1. The van der Waals surface area contributed by atoms with Gasteiger partial charge in [-0.2, -0.15) is 0 Å². The summed E-state index contributed by atoms with van der Waals surface area (Å²) < 4.78 is 10.5. The molecule has 1 aliphatic rings. The summed E-state index contributed by atoms with van der Waals surface area (Å²) in [6.07, 6.45) is 2.97. The third kappa shape index (κ3) is 2.75. The Kier molecular flexibility index (Phi) is 4.07. The summed E-state index contributed by atoms with van der Waals surface area (Å²) >= 11 is 0. The minimum atomic E-state index is 0.759. The topological polar surface area (TPSA) is 45.5 Å². The predicted octanol–water partition coefficient (Wildman–Crippen LogP) is 2.32. The van der Waals surface area contributed by atoms with Gasteiger partial charge in [0.1, 0.15) is 0 Å². The Labute approximate surface area is 108 Å². The molecule has 18 heavy (non-hydrogen) atoms. The zero-order valence-corrected chi connectivity index (χ0v) is 11.0. The lowest BCUT2D eigenvalue weighted by Gasteiger charge is -2.18. The molecule has 0 aliphatic carbocycles. The van der Waals surface area contributed by atoms with Crippen molar-refractivity contribution in [1.29, 1.82) is 5.41 Å². The van der Waals surface area contributed by atoms with E-state index < -0.39 is 0 Å². The van der Waals surface area contributed by atoms with E-state index >= 15 is 0 Å². The molecule has 0 aromatic heterocycles. The van der Waals surface area contributed by atoms with E-state index in [1.807, 2.05) is 12.1 Å². The standard InChI is InChI=1S/C14H20N2O2/c1-17-12-6-5-11(10-13(12)18-2)7-9-16-8-3-4-14(16)15/h5-6,10,15H,3-4,7-9H2,1-2H3. The van der Waals surface area contributed by atoms with Crippen molar-refractivity contribution in [1.82, 2.24) is 4.90 Å². The summed E-state index contributed by atoms with van der Waals surface area (Å²) in [4.78, 5) is 2.15. The van der Waals surface area contributed by atoms with Crippen molar-refractivity contribution in [3.63, 3.8) is 0 Å². The molecule has 1 aromatic rings. The normalized spacial score (nSPS) is 15.0. The average Bonchev–Trinajstić information content (AvgIpc) is 2.81. The van der Waals surface area contributed by atoms with Crippen LogP contribution in [0.3, 0.4) is 0 Å². The van der Waals surface area contributed by atoms with Crippen LogP contribution in [-0.2, 0) is 6.42 Å². The molecule has 0 amide bonds. The maximum absolute atomic E-state index is 7.80. The number of hydrogen-bond acceptors (Lipinski definition) is 3. The van der Waals surface area contributed by atoms with Gasteiger partial charge >= 0.3 is 0 Å². The van der Waals surface area contributed by atoms with E-state index in [-0.39, 0.29) is 0 Å². The molecular weight excluding hydrogens is 228 g/mol. The number of likely N-dealkylation sites (tertiary alicyclic amines) is 1. The van der Waals surface area contributed by atoms with Crippen LogP contribution >= 0.6 is 0 Å². The Bertz CT molecular complexity index is 432. The summed E-state index contributed by atoms with van der Waals surface area (Å²) in [6, 6.07) is 6.00. The summed E-state index contributed by atoms with van der Waals surface area (Å²) in [7, 11) is 3.29. The molecule has 0 atom stereocenters. The summed E-state index contributed by atoms with van der Waals surface area (Å²) in [5, 5.41) is 7.80. The molecule has 1 heterocycles. The highest BCUT2D eigenvalue weighted by Crippen LogP contribution is 2.27. The molecule has 0 bridgehead atoms. The monoisotopic (exact) mass is 248 g/mol. The molecule has 1 fully saturated rings. The first-order valence-corrected chi connectivity index (χ1v) is 6.28. The number of rotatable bonds is 5. The number of methoxy groups -OCH3 is 2. The first-order valence-electron chi connectivity index (χ1n) is 6.28. The summed E-state index contributed by atoms with van der Waals surface area (Å²) in [5.74, 6) is 2.30. The Morgan fingerprint density at radius 2 is 2.00 bits per heavy atom. The molecule has 2 rings (SSSR count). The molecule has 4 nitrogen and oxygen atoms in total. The Hall–Kier alpha value is -1.71. The van der Waals surface area contributed by atoms with Gasteiger partial charge in [-0.15, -0.1) is 0 Å². The first kappa shape index (κ1) is 12.7. The van der Waals surface area contributed by atoms with Crippen LogP contribution in [0.25, 0.3) is 0 Å². The minimum Gasteiger partial charge on any atom is -0.493 e. The zero-order valence-electron chi connectivity index (χ0n) is 11.0. The van der Waals surface area contributed by atoms with Gasteiger partial charge in [-0.3, -0.25) is 5.41 Å². The van der Waals surface area contributed by atoms with E-state index in [1.54, 1.807) is 14.2 Å². The highest BCUT2D eigenvalue weighted by molar-refractivity contribution is 5.80. The van der Waals surface area contributed by atoms with Gasteiger partial charge in [0.25, 0.3) is 0 Å². The largest absolute Gasteiger partial charge is 0.493 e. The van der Waals surface area contributed by atoms with E-state index in [0.29, 0.717) is 0 Å². The van der Waals surface area contributed by atoms with Crippen molar-refractivity contribution >= 4 is 5.84 Å². The van der Waals surface area contributed by atoms with Gasteiger partial charge in [-0.25, -0.2) is 0 Å². The smallest absolute Gasteiger partial charge is 0.160 e. The predicted molar refractivity (Wildman–Crippen MR) is 71.8 cm³/mol. The molecule has 1 aromatic carbocycles. The van der Waals surface area contributed by atoms with Crippen LogP contribution < -0.4 is 9.47 Å². The lowest BCUT2D eigenvalue weighted by Crippen LogP contribution is -2.26. The summed E-state index contributed by atoms with van der Waals surface area (Å²) in [5.41, 5.74) is 1.22. The van der Waals surface area contributed by atoms with E-state index in [1.165, 1.54) is 5.56 Å². The maximum atomic E-state index is 7.80. The molecule has 1 N–H and O–H groups in total. The van der Waals surface area contributed by atoms with Gasteiger partial charge in [0.2, 0.25) is 0 Å². The fourth-order valence-corrected chi connectivity index (χ4v) is 2.28. The van der Waals surface area contributed by atoms with Gasteiger partial charge < -0.3 is 14.4 Å². The Morgan fingerprint density at radius 1 is 1.22 bits per heavy atom. The van der Waals surface area contributed by atoms with Crippen LogP contribution in [0.15, 0.2) is 18.2 Å². The molecule has 1 aliphatic heterocycles. The highest BCUT2D eigenvalue weighted by atomic mass is 16.5. The Balaban J connectivity index is 1.99. The van der Waals surface area contributed by atoms with Crippen LogP contribution in [0.5, 0.6) is 11.5 Å². The van der Waals surface area contributed by atoms with Gasteiger partial charge in [0, 0.05) is 19.5 Å². The van der Waals surface area contributed by atoms with Crippen molar-refractivity contribution in [2.75, 3.05) is 27.3 Å². The summed E-state index contributed by atoms with van der Waals surface area (Å²) in [6.45, 7) is 1.93. The maximum Gasteiger partial charge on any atom is 0.160 e. The fraction of sp³-hybridized carbons (Fsp3) is 0.500. The van der Waals surface area contributed by atoms with Crippen LogP contribution in [0.1, 0.15) is 18.4 Å². The highest BCUT2D eigenvalue weighted by Gasteiger charge is 2.16. The molecule has 0 unspecified atom stereocenters. The molecular formula is C14H20N2O2. The van der Waals surface area contributed by atoms with Crippen LogP contribution in [-0.4, -0.2) is 38.0 Å². The minimum absolute atomic E-state index is 0.759. The van der Waals surface area contributed by atoms with Crippen LogP contribution in [0.2, 0.25) is 0 Å². The van der Waals surface area contributed by atoms with E-state index in [9.17, 15) is 0 Å². The molecule has 98 valence electrons. The number of benzene rings is 1. The Morgan fingerprint density at radius 3 is 2.61 bits per heavy atom. The van der Waals surface area contributed by atoms with Crippen molar-refractivity contribution in [3.8, 4) is 11.5 Å². The van der Waals surface area contributed by atoms with Gasteiger partial charge in [-0.1, -0.05) is 6.07 Å². The van der Waals surface area contributed by atoms with Crippen molar-refractivity contribution in [2.24, 2.45) is 0 Å². The molecule has 0 radical (unpaired) electrons. The number of hydrogen-bond donors (Lipinski definition) is 1. The van der Waals surface area contributed by atoms with Crippen LogP contribution in [0.4, 0.5) is 0 Å². The average molecular weight is 248 g/mol. The van der Waals surface area contributed by atoms with Crippen LogP contribution in [0, 0.1) is 5.41 Å². The lowest BCUT2D eigenvalue weighted by molar-refractivity contribution is 0.354. The van der Waals surface area contributed by atoms with Gasteiger partial charge in [-0.05, 0) is 30.5 Å². The fourth-order valence-electron chi connectivity index (χ4n) is 2.28. The van der Waals surface area contributed by atoms with E-state index in [2.05, 4.69) is 11.0 Å². The second-order valence-corrected chi connectivity index (χ2v) is 4.48. The van der Waals surface area contributed by atoms with Crippen molar-refractivity contribution < 1.29 is 9.47 Å². The molecule has 0 saturated carbocycles. The van der Waals surface area contributed by atoms with Gasteiger partial charge in [0.15, 0.2) is 11.5 Å². The zero-order chi connectivity index (χ0) is 13.0. The second-order valence-electron chi connectivity index (χ2n) is 4.48. The van der Waals surface area contributed by atoms with Crippen molar-refractivity contribution in [2.45, 2.75) is 19.3 Å². The molecule has 1 saturated heterocycles. The number of nitrogens with zero attached hydrogens (tertiary/aromatic N) is 1. The number of nitrogens with one attached hydrogen (secondary N) is 1. The number of amidine groups is 1. The SMILES string of the molecule is COc1ccc(CCN2CCCC2=N)cc1OC. The van der Waals surface area contributed by atoms with Gasteiger partial charge in [0.05, 0.1) is 20.1 Å². The number of ether oxygens (including phenoxy) is 2. The first-order chi connectivity index (χ1) is 8.74. The molecule has 0 spiro atoms. The quantitative estimate of drug-likeness (QED) is 0.869. The molecule has 4 heteroatoms. The third-order valence-electron chi connectivity index (χ3n) is 3.34.